The molecule has 4 rings (SSSR count). The van der Waals surface area contributed by atoms with Crippen LogP contribution in [0.25, 0.3) is 22.3 Å². The maximum absolute atomic E-state index is 12.6. The molecule has 2 aromatic carbocycles. The number of hydrogen-bond acceptors (Lipinski definition) is 4. The van der Waals surface area contributed by atoms with Crippen LogP contribution in [0, 0.1) is 0 Å². The molecule has 0 radical (unpaired) electrons. The molecule has 0 fully saturated rings. The molecule has 0 saturated carbocycles. The fourth-order valence-corrected chi connectivity index (χ4v) is 4.02. The van der Waals surface area contributed by atoms with E-state index in [1.807, 2.05) is 84.4 Å². The summed E-state index contributed by atoms with van der Waals surface area (Å²) in [7, 11) is 0. The normalized spacial score (nSPS) is 12.0. The van der Waals surface area contributed by atoms with Crippen LogP contribution in [0.2, 0.25) is 0 Å². The number of rotatable bonds is 8. The summed E-state index contributed by atoms with van der Waals surface area (Å²) in [6.07, 6.45) is 5.33. The van der Waals surface area contributed by atoms with Gasteiger partial charge in [-0.1, -0.05) is 54.6 Å². The molecule has 0 saturated heterocycles. The van der Waals surface area contributed by atoms with Gasteiger partial charge in [-0.05, 0) is 35.2 Å². The van der Waals surface area contributed by atoms with Gasteiger partial charge in [0.25, 0.3) is 0 Å². The lowest BCUT2D eigenvalue weighted by atomic mass is 10.1. The molecule has 0 bridgehead atoms. The lowest BCUT2D eigenvalue weighted by molar-refractivity contribution is -0.124. The second-order valence-electron chi connectivity index (χ2n) is 7.18. The van der Waals surface area contributed by atoms with E-state index in [2.05, 4.69) is 5.32 Å². The van der Waals surface area contributed by atoms with Gasteiger partial charge in [0.05, 0.1) is 10.6 Å². The number of primary amides is 1. The second-order valence-corrected chi connectivity index (χ2v) is 8.12. The number of hydrogen-bond donors (Lipinski definition) is 2. The van der Waals surface area contributed by atoms with E-state index in [-0.39, 0.29) is 0 Å². The van der Waals surface area contributed by atoms with Gasteiger partial charge in [0.15, 0.2) is 0 Å². The van der Waals surface area contributed by atoms with Gasteiger partial charge in [-0.25, -0.2) is 4.68 Å². The van der Waals surface area contributed by atoms with Crippen LogP contribution in [0.5, 0.6) is 0 Å². The van der Waals surface area contributed by atoms with Crippen LogP contribution in [0.1, 0.15) is 11.1 Å². The fourth-order valence-electron chi connectivity index (χ4n) is 3.28. The van der Waals surface area contributed by atoms with Crippen molar-refractivity contribution in [1.82, 2.24) is 15.1 Å². The van der Waals surface area contributed by atoms with Crippen LogP contribution in [0.15, 0.2) is 90.4 Å². The number of amides is 2. The minimum Gasteiger partial charge on any atom is -0.368 e. The number of nitrogens with two attached hydrogens (primary N) is 1. The van der Waals surface area contributed by atoms with Gasteiger partial charge in [0, 0.05) is 24.3 Å². The number of aromatic nitrogens is 2. The molecule has 0 spiro atoms. The summed E-state index contributed by atoms with van der Waals surface area (Å²) in [5.74, 6) is -0.971. The monoisotopic (exact) mass is 442 g/mol. The first-order chi connectivity index (χ1) is 15.6. The van der Waals surface area contributed by atoms with Crippen LogP contribution in [-0.2, 0) is 16.0 Å². The molecular weight excluding hydrogens is 420 g/mol. The molecule has 1 unspecified atom stereocenters. The molecule has 0 aliphatic rings. The van der Waals surface area contributed by atoms with Crippen molar-refractivity contribution >= 4 is 29.2 Å². The maximum atomic E-state index is 12.6. The maximum Gasteiger partial charge on any atom is 0.244 e. The third-order valence-corrected chi connectivity index (χ3v) is 5.75. The highest BCUT2D eigenvalue weighted by atomic mass is 32.1. The van der Waals surface area contributed by atoms with E-state index in [9.17, 15) is 9.59 Å². The quantitative estimate of drug-likeness (QED) is 0.407. The molecule has 2 amide bonds. The Morgan fingerprint density at radius 1 is 1.03 bits per heavy atom. The Hall–Kier alpha value is -3.97. The van der Waals surface area contributed by atoms with Gasteiger partial charge in [-0.15, -0.1) is 11.3 Å². The van der Waals surface area contributed by atoms with Crippen molar-refractivity contribution in [3.05, 3.63) is 102 Å². The summed E-state index contributed by atoms with van der Waals surface area (Å²) < 4.78 is 1.79. The first-order valence-electron chi connectivity index (χ1n) is 10.1. The topological polar surface area (TPSA) is 90.0 Å². The van der Waals surface area contributed by atoms with E-state index in [0.717, 1.165) is 27.4 Å². The molecule has 0 aliphatic heterocycles. The zero-order valence-electron chi connectivity index (χ0n) is 17.2. The van der Waals surface area contributed by atoms with Crippen molar-refractivity contribution in [2.45, 2.75) is 12.5 Å². The van der Waals surface area contributed by atoms with Crippen molar-refractivity contribution in [2.75, 3.05) is 0 Å². The van der Waals surface area contributed by atoms with Gasteiger partial charge in [0.2, 0.25) is 11.8 Å². The van der Waals surface area contributed by atoms with E-state index in [1.165, 1.54) is 6.08 Å². The molecule has 2 heterocycles. The summed E-state index contributed by atoms with van der Waals surface area (Å²) in [6, 6.07) is 22.4. The Bertz CT molecular complexity index is 1220. The molecule has 3 N–H and O–H groups in total. The first kappa shape index (κ1) is 21.3. The number of thiophene rings is 1. The number of benzene rings is 2. The number of nitrogens with zero attached hydrogens (tertiary/aromatic N) is 2. The largest absolute Gasteiger partial charge is 0.368 e. The van der Waals surface area contributed by atoms with E-state index in [4.69, 9.17) is 10.8 Å². The summed E-state index contributed by atoms with van der Waals surface area (Å²) in [6.45, 7) is 0. The average molecular weight is 443 g/mol. The molecule has 6 nitrogen and oxygen atoms in total. The van der Waals surface area contributed by atoms with Crippen LogP contribution in [0.4, 0.5) is 0 Å². The van der Waals surface area contributed by atoms with Crippen LogP contribution >= 0.6 is 11.3 Å². The number of nitrogens with one attached hydrogen (secondary N) is 1. The molecule has 160 valence electrons. The second kappa shape index (κ2) is 9.89. The third-order valence-electron chi connectivity index (χ3n) is 4.87. The van der Waals surface area contributed by atoms with E-state index in [0.29, 0.717) is 6.42 Å². The minimum absolute atomic E-state index is 0.335. The fraction of sp³-hybridized carbons (Fsp3) is 0.0800. The summed E-state index contributed by atoms with van der Waals surface area (Å²) in [4.78, 5) is 25.4. The van der Waals surface area contributed by atoms with Crippen molar-refractivity contribution < 1.29 is 9.59 Å². The average Bonchev–Trinajstić information content (AvgIpc) is 3.48. The highest BCUT2D eigenvalue weighted by Crippen LogP contribution is 2.28. The Morgan fingerprint density at radius 3 is 2.41 bits per heavy atom. The van der Waals surface area contributed by atoms with Crippen LogP contribution < -0.4 is 11.1 Å². The highest BCUT2D eigenvalue weighted by Gasteiger charge is 2.18. The Kier molecular flexibility index (Phi) is 6.57. The van der Waals surface area contributed by atoms with E-state index < -0.39 is 17.9 Å². The van der Waals surface area contributed by atoms with Crippen molar-refractivity contribution in [1.29, 1.82) is 0 Å². The zero-order chi connectivity index (χ0) is 22.3. The molecule has 2 aromatic heterocycles. The minimum atomic E-state index is -0.793. The lowest BCUT2D eigenvalue weighted by Gasteiger charge is -2.14. The van der Waals surface area contributed by atoms with Gasteiger partial charge in [-0.2, -0.15) is 5.10 Å². The summed E-state index contributed by atoms with van der Waals surface area (Å²) >= 11 is 1.58. The highest BCUT2D eigenvalue weighted by molar-refractivity contribution is 7.13. The molecule has 0 aliphatic carbocycles. The van der Waals surface area contributed by atoms with Gasteiger partial charge < -0.3 is 11.1 Å². The van der Waals surface area contributed by atoms with Crippen molar-refractivity contribution in [3.63, 3.8) is 0 Å². The van der Waals surface area contributed by atoms with E-state index in [1.54, 1.807) is 22.1 Å². The third kappa shape index (κ3) is 5.19. The van der Waals surface area contributed by atoms with Crippen LogP contribution in [-0.4, -0.2) is 27.6 Å². The molecule has 4 aromatic rings. The first-order valence-corrected chi connectivity index (χ1v) is 11.0. The Morgan fingerprint density at radius 2 is 1.75 bits per heavy atom. The van der Waals surface area contributed by atoms with Gasteiger partial charge in [-0.3, -0.25) is 9.59 Å². The van der Waals surface area contributed by atoms with Crippen molar-refractivity contribution in [3.8, 4) is 16.3 Å². The van der Waals surface area contributed by atoms with Crippen LogP contribution in [0.3, 0.4) is 0 Å². The predicted octanol–water partition coefficient (Wildman–Crippen LogP) is 3.83. The molecule has 32 heavy (non-hydrogen) atoms. The number of carbonyl (C=O) groups is 2. The summed E-state index contributed by atoms with van der Waals surface area (Å²) in [5.41, 5.74) is 8.93. The smallest absolute Gasteiger partial charge is 0.244 e. The molecular formula is C25H22N4O2S. The molecule has 7 heteroatoms. The Labute approximate surface area is 190 Å². The predicted molar refractivity (Wildman–Crippen MR) is 127 cm³/mol. The zero-order valence-corrected chi connectivity index (χ0v) is 18.0. The van der Waals surface area contributed by atoms with E-state index >= 15 is 0 Å². The van der Waals surface area contributed by atoms with Gasteiger partial charge >= 0.3 is 0 Å². The molecule has 1 atom stereocenters. The van der Waals surface area contributed by atoms with Crippen molar-refractivity contribution in [2.24, 2.45) is 5.73 Å². The summed E-state index contributed by atoms with van der Waals surface area (Å²) in [5, 5.41) is 9.40. The lowest BCUT2D eigenvalue weighted by Crippen LogP contribution is -2.45. The van der Waals surface area contributed by atoms with Gasteiger partial charge in [0.1, 0.15) is 11.7 Å². The SMILES string of the molecule is NC(=O)C(Cc1ccccc1)NC(=O)/C=C/c1cn(-c2ccccc2)nc1-c1cccs1. The number of carbonyl (C=O) groups excluding carboxylic acids is 2. The Balaban J connectivity index is 1.54. The number of para-hydroxylation sites is 1. The standard InChI is InChI=1S/C25H22N4O2S/c26-25(31)21(16-18-8-3-1-4-9-18)27-23(30)14-13-19-17-29(20-10-5-2-6-11-20)28-24(19)22-12-7-15-32-22/h1-15,17,21H,16H2,(H2,26,31)(H,27,30)/b14-13+.